The smallest absolute Gasteiger partial charge is 0.293 e. The highest BCUT2D eigenvalue weighted by Crippen LogP contribution is 2.15. The molecule has 3 N–H and O–H groups in total. The van der Waals surface area contributed by atoms with E-state index in [1.807, 2.05) is 26.0 Å². The summed E-state index contributed by atoms with van der Waals surface area (Å²) in [7, 11) is 0. The number of nitrogens with zero attached hydrogens (tertiary/aromatic N) is 2. The topological polar surface area (TPSA) is 72.9 Å². The van der Waals surface area contributed by atoms with Gasteiger partial charge in [-0.1, -0.05) is 6.07 Å². The number of hydrogen-bond donors (Lipinski definition) is 2. The highest BCUT2D eigenvalue weighted by molar-refractivity contribution is 5.60. The van der Waals surface area contributed by atoms with E-state index in [1.54, 1.807) is 29.1 Å². The molecule has 0 atom stereocenters. The SMILES string of the molecule is CC(C)n1ccnc(Nc2cccc(N)c2)c1=O. The van der Waals surface area contributed by atoms with E-state index in [0.717, 1.165) is 5.69 Å². The van der Waals surface area contributed by atoms with Gasteiger partial charge in [0.2, 0.25) is 0 Å². The minimum Gasteiger partial charge on any atom is -0.399 e. The van der Waals surface area contributed by atoms with Crippen LogP contribution in [0.3, 0.4) is 0 Å². The molecule has 0 aliphatic heterocycles. The molecule has 0 unspecified atom stereocenters. The first-order chi connectivity index (χ1) is 8.58. The van der Waals surface area contributed by atoms with E-state index >= 15 is 0 Å². The normalized spacial score (nSPS) is 10.6. The summed E-state index contributed by atoms with van der Waals surface area (Å²) in [5.41, 5.74) is 6.93. The van der Waals surface area contributed by atoms with E-state index in [0.29, 0.717) is 11.5 Å². The van der Waals surface area contributed by atoms with Crippen molar-refractivity contribution < 1.29 is 0 Å². The summed E-state index contributed by atoms with van der Waals surface area (Å²) < 4.78 is 1.63. The minimum absolute atomic E-state index is 0.0990. The molecule has 1 aromatic heterocycles. The van der Waals surface area contributed by atoms with Gasteiger partial charge in [-0.3, -0.25) is 4.79 Å². The number of nitrogens with one attached hydrogen (secondary N) is 1. The second kappa shape index (κ2) is 4.91. The largest absolute Gasteiger partial charge is 0.399 e. The molecule has 0 saturated heterocycles. The van der Waals surface area contributed by atoms with Crippen LogP contribution in [0.25, 0.3) is 0 Å². The number of nitrogens with two attached hydrogens (primary N) is 1. The fraction of sp³-hybridized carbons (Fsp3) is 0.231. The number of hydrogen-bond acceptors (Lipinski definition) is 4. The number of rotatable bonds is 3. The molecule has 0 saturated carbocycles. The van der Waals surface area contributed by atoms with Crippen LogP contribution in [0.2, 0.25) is 0 Å². The van der Waals surface area contributed by atoms with Crippen molar-refractivity contribution in [2.24, 2.45) is 0 Å². The highest BCUT2D eigenvalue weighted by Gasteiger charge is 2.07. The van der Waals surface area contributed by atoms with Crippen molar-refractivity contribution in [3.8, 4) is 0 Å². The van der Waals surface area contributed by atoms with E-state index in [4.69, 9.17) is 5.73 Å². The van der Waals surface area contributed by atoms with E-state index in [1.165, 1.54) is 0 Å². The van der Waals surface area contributed by atoms with Crippen LogP contribution < -0.4 is 16.6 Å². The van der Waals surface area contributed by atoms with Crippen LogP contribution in [0.15, 0.2) is 41.5 Å². The number of anilines is 3. The molecule has 94 valence electrons. The molecule has 0 aliphatic carbocycles. The third kappa shape index (κ3) is 2.51. The lowest BCUT2D eigenvalue weighted by Gasteiger charge is -2.11. The van der Waals surface area contributed by atoms with Gasteiger partial charge in [-0.25, -0.2) is 4.98 Å². The molecule has 0 amide bonds. The fourth-order valence-electron chi connectivity index (χ4n) is 1.67. The van der Waals surface area contributed by atoms with Crippen molar-refractivity contribution in [3.63, 3.8) is 0 Å². The molecule has 1 aromatic carbocycles. The zero-order valence-corrected chi connectivity index (χ0v) is 10.4. The van der Waals surface area contributed by atoms with Crippen LogP contribution in [0.5, 0.6) is 0 Å². The van der Waals surface area contributed by atoms with Gasteiger partial charge in [-0.15, -0.1) is 0 Å². The number of benzene rings is 1. The van der Waals surface area contributed by atoms with Crippen molar-refractivity contribution in [3.05, 3.63) is 47.0 Å². The predicted molar refractivity (Wildman–Crippen MR) is 73.0 cm³/mol. The zero-order valence-electron chi connectivity index (χ0n) is 10.4. The fourth-order valence-corrected chi connectivity index (χ4v) is 1.67. The van der Waals surface area contributed by atoms with Crippen molar-refractivity contribution in [2.45, 2.75) is 19.9 Å². The molecule has 0 bridgehead atoms. The molecule has 0 fully saturated rings. The summed E-state index contributed by atoms with van der Waals surface area (Å²) in [4.78, 5) is 16.2. The second-order valence-electron chi connectivity index (χ2n) is 4.33. The molecule has 2 aromatic rings. The lowest BCUT2D eigenvalue weighted by molar-refractivity contribution is 0.576. The quantitative estimate of drug-likeness (QED) is 0.811. The van der Waals surface area contributed by atoms with Crippen molar-refractivity contribution in [1.29, 1.82) is 0 Å². The maximum absolute atomic E-state index is 12.1. The Morgan fingerprint density at radius 2 is 2.17 bits per heavy atom. The van der Waals surface area contributed by atoms with Gasteiger partial charge in [0, 0.05) is 29.8 Å². The summed E-state index contributed by atoms with van der Waals surface area (Å²) in [6.45, 7) is 3.90. The summed E-state index contributed by atoms with van der Waals surface area (Å²) >= 11 is 0. The Morgan fingerprint density at radius 3 is 2.83 bits per heavy atom. The highest BCUT2D eigenvalue weighted by atomic mass is 16.1. The van der Waals surface area contributed by atoms with Crippen LogP contribution in [0.4, 0.5) is 17.2 Å². The van der Waals surface area contributed by atoms with Gasteiger partial charge in [0.05, 0.1) is 0 Å². The van der Waals surface area contributed by atoms with Crippen LogP contribution in [-0.4, -0.2) is 9.55 Å². The van der Waals surface area contributed by atoms with E-state index in [-0.39, 0.29) is 11.6 Å². The maximum atomic E-state index is 12.1. The third-order valence-electron chi connectivity index (χ3n) is 2.57. The molecule has 5 nitrogen and oxygen atoms in total. The molecule has 5 heteroatoms. The molecule has 18 heavy (non-hydrogen) atoms. The molecule has 0 spiro atoms. The van der Waals surface area contributed by atoms with Crippen LogP contribution in [0.1, 0.15) is 19.9 Å². The number of aromatic nitrogens is 2. The van der Waals surface area contributed by atoms with Crippen LogP contribution >= 0.6 is 0 Å². The summed E-state index contributed by atoms with van der Waals surface area (Å²) in [6.07, 6.45) is 3.29. The van der Waals surface area contributed by atoms with Crippen molar-refractivity contribution in [1.82, 2.24) is 9.55 Å². The number of nitrogen functional groups attached to an aromatic ring is 1. The van der Waals surface area contributed by atoms with Crippen LogP contribution in [-0.2, 0) is 0 Å². The van der Waals surface area contributed by atoms with Crippen molar-refractivity contribution in [2.75, 3.05) is 11.1 Å². The minimum atomic E-state index is -0.144. The van der Waals surface area contributed by atoms with Gasteiger partial charge in [0.15, 0.2) is 5.82 Å². The van der Waals surface area contributed by atoms with Gasteiger partial charge in [-0.05, 0) is 32.0 Å². The standard InChI is InChI=1S/C13H16N4O/c1-9(2)17-7-6-15-12(13(17)18)16-11-5-3-4-10(14)8-11/h3-9H,14H2,1-2H3,(H,15,16). The van der Waals surface area contributed by atoms with Crippen LogP contribution in [0, 0.1) is 0 Å². The third-order valence-corrected chi connectivity index (χ3v) is 2.57. The van der Waals surface area contributed by atoms with E-state index < -0.39 is 0 Å². The first-order valence-corrected chi connectivity index (χ1v) is 5.77. The first kappa shape index (κ1) is 12.2. The van der Waals surface area contributed by atoms with Gasteiger partial charge in [0.1, 0.15) is 0 Å². The Kier molecular flexibility index (Phi) is 3.32. The van der Waals surface area contributed by atoms with Gasteiger partial charge in [-0.2, -0.15) is 0 Å². The average molecular weight is 244 g/mol. The Balaban J connectivity index is 2.36. The van der Waals surface area contributed by atoms with E-state index in [2.05, 4.69) is 10.3 Å². The molecule has 2 rings (SSSR count). The van der Waals surface area contributed by atoms with Gasteiger partial charge < -0.3 is 15.6 Å². The zero-order chi connectivity index (χ0) is 13.1. The predicted octanol–water partition coefficient (Wildman–Crippen LogP) is 2.15. The van der Waals surface area contributed by atoms with Crippen molar-refractivity contribution >= 4 is 17.2 Å². The monoisotopic (exact) mass is 244 g/mol. The molecular formula is C13H16N4O. The Labute approximate surface area is 105 Å². The first-order valence-electron chi connectivity index (χ1n) is 5.77. The Hall–Kier alpha value is -2.30. The molecule has 1 heterocycles. The lowest BCUT2D eigenvalue weighted by Crippen LogP contribution is -2.24. The summed E-state index contributed by atoms with van der Waals surface area (Å²) in [5.74, 6) is 0.303. The maximum Gasteiger partial charge on any atom is 0.293 e. The van der Waals surface area contributed by atoms with Gasteiger partial charge >= 0.3 is 0 Å². The Morgan fingerprint density at radius 1 is 1.39 bits per heavy atom. The summed E-state index contributed by atoms with van der Waals surface area (Å²) in [5, 5.41) is 2.98. The summed E-state index contributed by atoms with van der Waals surface area (Å²) in [6, 6.07) is 7.30. The molecular weight excluding hydrogens is 228 g/mol. The lowest BCUT2D eigenvalue weighted by atomic mass is 10.3. The van der Waals surface area contributed by atoms with E-state index in [9.17, 15) is 4.79 Å². The average Bonchev–Trinajstić information content (AvgIpc) is 2.31. The second-order valence-corrected chi connectivity index (χ2v) is 4.33. The molecule has 0 aliphatic rings. The molecule has 0 radical (unpaired) electrons. The Bertz CT molecular complexity index is 604. The van der Waals surface area contributed by atoms with Gasteiger partial charge in [0.25, 0.3) is 5.56 Å².